The summed E-state index contributed by atoms with van der Waals surface area (Å²) in [5, 5.41) is 11.6. The van der Waals surface area contributed by atoms with Gasteiger partial charge in [0.25, 0.3) is 0 Å². The SMILES string of the molecule is C=CCn1c(SCC(=O)Nc2ccc(F)c(Cl)c2)nnc1C(C)Oc1ccccc1OC. The zero-order valence-corrected chi connectivity index (χ0v) is 19.1. The molecule has 0 saturated heterocycles. The Morgan fingerprint density at radius 3 is 2.75 bits per heavy atom. The maximum Gasteiger partial charge on any atom is 0.234 e. The molecule has 0 aliphatic heterocycles. The summed E-state index contributed by atoms with van der Waals surface area (Å²) < 4.78 is 26.5. The van der Waals surface area contributed by atoms with Crippen LogP contribution < -0.4 is 14.8 Å². The van der Waals surface area contributed by atoms with Crippen LogP contribution in [-0.4, -0.2) is 33.5 Å². The van der Waals surface area contributed by atoms with Gasteiger partial charge in [0.1, 0.15) is 5.82 Å². The number of hydrogen-bond acceptors (Lipinski definition) is 6. The van der Waals surface area contributed by atoms with Crippen LogP contribution in [0.2, 0.25) is 5.02 Å². The van der Waals surface area contributed by atoms with Gasteiger partial charge in [-0.15, -0.1) is 16.8 Å². The van der Waals surface area contributed by atoms with Crippen LogP contribution in [0.15, 0.2) is 60.3 Å². The summed E-state index contributed by atoms with van der Waals surface area (Å²) in [6, 6.07) is 11.3. The lowest BCUT2D eigenvalue weighted by Crippen LogP contribution is -2.15. The van der Waals surface area contributed by atoms with Crippen molar-refractivity contribution in [3.05, 3.63) is 71.8 Å². The fourth-order valence-corrected chi connectivity index (χ4v) is 3.80. The molecule has 1 atom stereocenters. The number of carbonyl (C=O) groups is 1. The first-order chi connectivity index (χ1) is 15.4. The number of nitrogens with zero attached hydrogens (tertiary/aromatic N) is 3. The molecule has 0 saturated carbocycles. The molecule has 0 spiro atoms. The maximum absolute atomic E-state index is 13.3. The van der Waals surface area contributed by atoms with Crippen LogP contribution in [0.4, 0.5) is 10.1 Å². The molecule has 0 bridgehead atoms. The van der Waals surface area contributed by atoms with Crippen LogP contribution in [0.1, 0.15) is 18.9 Å². The molecule has 3 rings (SSSR count). The van der Waals surface area contributed by atoms with Crippen molar-refractivity contribution in [2.45, 2.75) is 24.7 Å². The van der Waals surface area contributed by atoms with E-state index < -0.39 is 11.9 Å². The normalized spacial score (nSPS) is 11.6. The third kappa shape index (κ3) is 5.80. The van der Waals surface area contributed by atoms with E-state index in [-0.39, 0.29) is 16.7 Å². The highest BCUT2D eigenvalue weighted by Gasteiger charge is 2.21. The van der Waals surface area contributed by atoms with E-state index in [1.54, 1.807) is 13.2 Å². The van der Waals surface area contributed by atoms with Gasteiger partial charge in [0.05, 0.1) is 17.9 Å². The van der Waals surface area contributed by atoms with E-state index in [0.717, 1.165) is 0 Å². The van der Waals surface area contributed by atoms with Gasteiger partial charge in [-0.1, -0.05) is 41.6 Å². The maximum atomic E-state index is 13.3. The van der Waals surface area contributed by atoms with Crippen molar-refractivity contribution in [2.24, 2.45) is 0 Å². The summed E-state index contributed by atoms with van der Waals surface area (Å²) in [7, 11) is 1.58. The monoisotopic (exact) mass is 476 g/mol. The van der Waals surface area contributed by atoms with E-state index in [2.05, 4.69) is 22.1 Å². The van der Waals surface area contributed by atoms with Crippen LogP contribution >= 0.6 is 23.4 Å². The summed E-state index contributed by atoms with van der Waals surface area (Å²) in [5.74, 6) is 1.03. The lowest BCUT2D eigenvalue weighted by Gasteiger charge is -2.17. The highest BCUT2D eigenvalue weighted by Crippen LogP contribution is 2.31. The molecular weight excluding hydrogens is 455 g/mol. The number of rotatable bonds is 10. The molecule has 3 aromatic rings. The Kier molecular flexibility index (Phi) is 8.13. The summed E-state index contributed by atoms with van der Waals surface area (Å²) in [4.78, 5) is 12.3. The number of carbonyl (C=O) groups excluding carboxylic acids is 1. The fraction of sp³-hybridized carbons (Fsp3) is 0.227. The highest BCUT2D eigenvalue weighted by atomic mass is 35.5. The molecular formula is C22H22ClFN4O3S. The van der Waals surface area contributed by atoms with Crippen LogP contribution in [0.25, 0.3) is 0 Å². The van der Waals surface area contributed by atoms with Crippen molar-refractivity contribution >= 4 is 35.0 Å². The van der Waals surface area contributed by atoms with Gasteiger partial charge in [0.15, 0.2) is 28.6 Å². The van der Waals surface area contributed by atoms with Crippen LogP contribution in [-0.2, 0) is 11.3 Å². The minimum atomic E-state index is -0.548. The first-order valence-electron chi connectivity index (χ1n) is 9.64. The minimum absolute atomic E-state index is 0.0603. The van der Waals surface area contributed by atoms with Gasteiger partial charge in [-0.3, -0.25) is 9.36 Å². The van der Waals surface area contributed by atoms with Crippen molar-refractivity contribution < 1.29 is 18.7 Å². The van der Waals surface area contributed by atoms with E-state index >= 15 is 0 Å². The first kappa shape index (κ1) is 23.6. The molecule has 10 heteroatoms. The van der Waals surface area contributed by atoms with Crippen molar-refractivity contribution in [1.82, 2.24) is 14.8 Å². The summed E-state index contributed by atoms with van der Waals surface area (Å²) in [6.45, 7) is 6.09. The summed E-state index contributed by atoms with van der Waals surface area (Å²) in [5.41, 5.74) is 0.411. The number of hydrogen-bond donors (Lipinski definition) is 1. The minimum Gasteiger partial charge on any atom is -0.493 e. The number of aromatic nitrogens is 3. The third-order valence-corrected chi connectivity index (χ3v) is 5.59. The number of para-hydroxylation sites is 2. The third-order valence-electron chi connectivity index (χ3n) is 4.33. The Morgan fingerprint density at radius 2 is 2.06 bits per heavy atom. The Balaban J connectivity index is 1.69. The average molecular weight is 477 g/mol. The molecule has 1 amide bonds. The number of methoxy groups -OCH3 is 1. The predicted molar refractivity (Wildman–Crippen MR) is 123 cm³/mol. The van der Waals surface area contributed by atoms with Gasteiger partial charge in [-0.2, -0.15) is 0 Å². The lowest BCUT2D eigenvalue weighted by atomic mass is 10.3. The van der Waals surface area contributed by atoms with Gasteiger partial charge < -0.3 is 14.8 Å². The van der Waals surface area contributed by atoms with Gasteiger partial charge in [-0.25, -0.2) is 4.39 Å². The summed E-state index contributed by atoms with van der Waals surface area (Å²) >= 11 is 6.97. The van der Waals surface area contributed by atoms with Gasteiger partial charge in [0, 0.05) is 12.2 Å². The van der Waals surface area contributed by atoms with Crippen molar-refractivity contribution in [1.29, 1.82) is 0 Å². The molecule has 0 aliphatic rings. The van der Waals surface area contributed by atoms with Gasteiger partial charge in [-0.05, 0) is 37.3 Å². The number of allylic oxidation sites excluding steroid dienone is 1. The zero-order valence-electron chi connectivity index (χ0n) is 17.5. The Labute approximate surface area is 194 Å². The van der Waals surface area contributed by atoms with Gasteiger partial charge >= 0.3 is 0 Å². The smallest absolute Gasteiger partial charge is 0.234 e. The van der Waals surface area contributed by atoms with E-state index in [0.29, 0.717) is 34.7 Å². The van der Waals surface area contributed by atoms with Crippen LogP contribution in [0.5, 0.6) is 11.5 Å². The quantitative estimate of drug-likeness (QED) is 0.322. The topological polar surface area (TPSA) is 78.3 Å². The average Bonchev–Trinajstić information content (AvgIpc) is 3.18. The molecule has 0 aliphatic carbocycles. The number of halogens is 2. The molecule has 7 nitrogen and oxygen atoms in total. The Morgan fingerprint density at radius 1 is 1.31 bits per heavy atom. The number of thioether (sulfide) groups is 1. The fourth-order valence-electron chi connectivity index (χ4n) is 2.87. The predicted octanol–water partition coefficient (Wildman–Crippen LogP) is 5.14. The van der Waals surface area contributed by atoms with E-state index in [4.69, 9.17) is 21.1 Å². The van der Waals surface area contributed by atoms with E-state index in [1.807, 2.05) is 35.8 Å². The Hall–Kier alpha value is -3.04. The van der Waals surface area contributed by atoms with Crippen LogP contribution in [0.3, 0.4) is 0 Å². The molecule has 1 heterocycles. The second-order valence-corrected chi connectivity index (χ2v) is 7.97. The second kappa shape index (κ2) is 11.0. The summed E-state index contributed by atoms with van der Waals surface area (Å²) in [6.07, 6.45) is 1.29. The standard InChI is InChI=1S/C22H22ClFN4O3S/c1-4-11-28-21(14(2)31-19-8-6-5-7-18(19)30-3)26-27-22(28)32-13-20(29)25-15-9-10-17(24)16(23)12-15/h4-10,12,14H,1,11,13H2,2-3H3,(H,25,29). The number of anilines is 1. The van der Waals surface area contributed by atoms with E-state index in [9.17, 15) is 9.18 Å². The second-order valence-electron chi connectivity index (χ2n) is 6.62. The number of ether oxygens (including phenoxy) is 2. The lowest BCUT2D eigenvalue weighted by molar-refractivity contribution is -0.113. The molecule has 1 N–H and O–H groups in total. The first-order valence-corrected chi connectivity index (χ1v) is 11.0. The molecule has 0 radical (unpaired) electrons. The number of amides is 1. The highest BCUT2D eigenvalue weighted by molar-refractivity contribution is 7.99. The molecule has 32 heavy (non-hydrogen) atoms. The molecule has 0 fully saturated rings. The largest absolute Gasteiger partial charge is 0.493 e. The molecule has 1 aromatic heterocycles. The van der Waals surface area contributed by atoms with Crippen molar-refractivity contribution in [3.63, 3.8) is 0 Å². The number of nitrogens with one attached hydrogen (secondary N) is 1. The van der Waals surface area contributed by atoms with Gasteiger partial charge in [0.2, 0.25) is 5.91 Å². The van der Waals surface area contributed by atoms with Crippen molar-refractivity contribution in [3.8, 4) is 11.5 Å². The number of benzene rings is 2. The molecule has 2 aromatic carbocycles. The van der Waals surface area contributed by atoms with Crippen molar-refractivity contribution in [2.75, 3.05) is 18.2 Å². The molecule has 1 unspecified atom stereocenters. The van der Waals surface area contributed by atoms with Crippen LogP contribution in [0, 0.1) is 5.82 Å². The Bertz CT molecular complexity index is 1110. The van der Waals surface area contributed by atoms with E-state index in [1.165, 1.54) is 30.0 Å². The molecule has 168 valence electrons. The zero-order chi connectivity index (χ0) is 23.1.